The van der Waals surface area contributed by atoms with Gasteiger partial charge in [0, 0.05) is 0 Å². The zero-order valence-corrected chi connectivity index (χ0v) is 13.0. The number of hydrogen-bond acceptors (Lipinski definition) is 4. The Bertz CT molecular complexity index is 893. The number of nitrogens with one attached hydrogen (secondary N) is 1. The van der Waals surface area contributed by atoms with E-state index < -0.39 is 11.8 Å². The van der Waals surface area contributed by atoms with Gasteiger partial charge in [-0.1, -0.05) is 24.3 Å². The van der Waals surface area contributed by atoms with Crippen LogP contribution in [-0.4, -0.2) is 22.2 Å². The van der Waals surface area contributed by atoms with Crippen molar-refractivity contribution in [2.24, 2.45) is 4.99 Å². The molecule has 2 N–H and O–H groups in total. The highest BCUT2D eigenvalue weighted by molar-refractivity contribution is 8.18. The third-order valence-electron chi connectivity index (χ3n) is 3.17. The van der Waals surface area contributed by atoms with Crippen molar-refractivity contribution in [3.05, 3.63) is 70.4 Å². The summed E-state index contributed by atoms with van der Waals surface area (Å²) in [6, 6.07) is 12.1. The number of amidine groups is 1. The maximum atomic E-state index is 13.2. The van der Waals surface area contributed by atoms with Gasteiger partial charge in [-0.05, 0) is 47.7 Å². The van der Waals surface area contributed by atoms with Crippen molar-refractivity contribution in [2.75, 3.05) is 0 Å². The van der Waals surface area contributed by atoms with Crippen LogP contribution < -0.4 is 5.32 Å². The summed E-state index contributed by atoms with van der Waals surface area (Å²) in [5.74, 6) is -1.87. The van der Waals surface area contributed by atoms with E-state index in [4.69, 9.17) is 0 Å². The molecular formula is C17H11FN2O3S. The molecule has 120 valence electrons. The maximum absolute atomic E-state index is 13.2. The Morgan fingerprint density at radius 1 is 1.21 bits per heavy atom. The second kappa shape index (κ2) is 6.67. The molecule has 0 aliphatic carbocycles. The van der Waals surface area contributed by atoms with Crippen LogP contribution in [0.3, 0.4) is 0 Å². The van der Waals surface area contributed by atoms with Crippen molar-refractivity contribution in [1.82, 2.24) is 5.32 Å². The van der Waals surface area contributed by atoms with Crippen molar-refractivity contribution in [3.63, 3.8) is 0 Å². The lowest BCUT2D eigenvalue weighted by Gasteiger charge is -2.00. The Kier molecular flexibility index (Phi) is 4.43. The first kappa shape index (κ1) is 15.9. The molecule has 2 aromatic carbocycles. The number of carboxylic acid groups (broad SMARTS) is 1. The van der Waals surface area contributed by atoms with Gasteiger partial charge in [-0.3, -0.25) is 4.79 Å². The summed E-state index contributed by atoms with van der Waals surface area (Å²) in [6.45, 7) is 0. The smallest absolute Gasteiger partial charge is 0.336 e. The van der Waals surface area contributed by atoms with Crippen LogP contribution in [0.4, 0.5) is 10.1 Å². The topological polar surface area (TPSA) is 78.8 Å². The van der Waals surface area contributed by atoms with E-state index in [2.05, 4.69) is 10.3 Å². The number of thioether (sulfide) groups is 1. The second-order valence-corrected chi connectivity index (χ2v) is 5.88. The van der Waals surface area contributed by atoms with E-state index in [-0.39, 0.29) is 11.5 Å². The van der Waals surface area contributed by atoms with Crippen LogP contribution in [0.1, 0.15) is 15.9 Å². The average molecular weight is 342 g/mol. The molecule has 24 heavy (non-hydrogen) atoms. The van der Waals surface area contributed by atoms with Crippen LogP contribution in [0.2, 0.25) is 0 Å². The predicted octanol–water partition coefficient (Wildman–Crippen LogP) is 3.42. The normalized spacial score (nSPS) is 17.3. The number of carbonyl (C=O) groups is 2. The van der Waals surface area contributed by atoms with E-state index >= 15 is 0 Å². The molecule has 1 fully saturated rings. The molecule has 5 nitrogen and oxygen atoms in total. The van der Waals surface area contributed by atoms with Crippen LogP contribution >= 0.6 is 11.8 Å². The number of carbonyl (C=O) groups excluding carboxylic acids is 1. The first-order valence-corrected chi connectivity index (χ1v) is 7.72. The van der Waals surface area contributed by atoms with Gasteiger partial charge in [-0.2, -0.15) is 0 Å². The van der Waals surface area contributed by atoms with Crippen molar-refractivity contribution in [3.8, 4) is 0 Å². The molecule has 0 aromatic heterocycles. The van der Waals surface area contributed by atoms with Gasteiger partial charge >= 0.3 is 5.97 Å². The largest absolute Gasteiger partial charge is 0.478 e. The van der Waals surface area contributed by atoms with Crippen molar-refractivity contribution in [2.45, 2.75) is 0 Å². The zero-order chi connectivity index (χ0) is 17.1. The SMILES string of the molecule is O=C1NC(=Nc2cccc(F)c2)S/C1=C/c1ccccc1C(=O)O. The highest BCUT2D eigenvalue weighted by Gasteiger charge is 2.24. The van der Waals surface area contributed by atoms with Gasteiger partial charge in [-0.25, -0.2) is 14.2 Å². The van der Waals surface area contributed by atoms with E-state index in [0.717, 1.165) is 11.8 Å². The van der Waals surface area contributed by atoms with Crippen molar-refractivity contribution >= 4 is 40.6 Å². The molecule has 0 bridgehead atoms. The van der Waals surface area contributed by atoms with E-state index in [0.29, 0.717) is 21.3 Å². The molecule has 0 saturated carbocycles. The fourth-order valence-electron chi connectivity index (χ4n) is 2.10. The van der Waals surface area contributed by atoms with Gasteiger partial charge in [0.15, 0.2) is 5.17 Å². The van der Waals surface area contributed by atoms with E-state index in [1.807, 2.05) is 0 Å². The van der Waals surface area contributed by atoms with Crippen LogP contribution in [0.5, 0.6) is 0 Å². The Morgan fingerprint density at radius 3 is 2.75 bits per heavy atom. The monoisotopic (exact) mass is 342 g/mol. The molecule has 1 saturated heterocycles. The van der Waals surface area contributed by atoms with Crippen molar-refractivity contribution < 1.29 is 19.1 Å². The summed E-state index contributed by atoms with van der Waals surface area (Å²) in [5.41, 5.74) is 0.911. The summed E-state index contributed by atoms with van der Waals surface area (Å²) in [7, 11) is 0. The molecule has 0 unspecified atom stereocenters. The number of benzene rings is 2. The van der Waals surface area contributed by atoms with Crippen LogP contribution in [0, 0.1) is 5.82 Å². The van der Waals surface area contributed by atoms with Gasteiger partial charge in [0.1, 0.15) is 5.82 Å². The fourth-order valence-corrected chi connectivity index (χ4v) is 2.94. The Labute approximate surface area is 140 Å². The summed E-state index contributed by atoms with van der Waals surface area (Å²) in [4.78, 5) is 27.7. The van der Waals surface area contributed by atoms with Crippen LogP contribution in [0.25, 0.3) is 6.08 Å². The number of halogens is 1. The minimum Gasteiger partial charge on any atom is -0.478 e. The minimum atomic E-state index is -1.07. The molecule has 0 radical (unpaired) electrons. The molecule has 3 rings (SSSR count). The number of hydrogen-bond donors (Lipinski definition) is 2. The highest BCUT2D eigenvalue weighted by Crippen LogP contribution is 2.28. The lowest BCUT2D eigenvalue weighted by Crippen LogP contribution is -2.19. The van der Waals surface area contributed by atoms with E-state index in [1.165, 1.54) is 30.3 Å². The molecule has 0 spiro atoms. The number of rotatable bonds is 3. The van der Waals surface area contributed by atoms with Crippen LogP contribution in [0.15, 0.2) is 58.4 Å². The lowest BCUT2D eigenvalue weighted by molar-refractivity contribution is -0.115. The van der Waals surface area contributed by atoms with E-state index in [1.54, 1.807) is 24.3 Å². The van der Waals surface area contributed by atoms with Gasteiger partial charge in [0.05, 0.1) is 16.2 Å². The quantitative estimate of drug-likeness (QED) is 0.838. The van der Waals surface area contributed by atoms with Gasteiger partial charge in [0.2, 0.25) is 0 Å². The number of aromatic carboxylic acids is 1. The summed E-state index contributed by atoms with van der Waals surface area (Å²) in [5, 5.41) is 12.1. The standard InChI is InChI=1S/C17H11FN2O3S/c18-11-5-3-6-12(9-11)19-17-20-15(21)14(24-17)8-10-4-1-2-7-13(10)16(22)23/h1-9H,(H,22,23)(H,19,20,21)/b14-8+. The zero-order valence-electron chi connectivity index (χ0n) is 12.2. The lowest BCUT2D eigenvalue weighted by atomic mass is 10.1. The first-order valence-electron chi connectivity index (χ1n) is 6.90. The molecule has 0 atom stereocenters. The summed E-state index contributed by atoms with van der Waals surface area (Å²) >= 11 is 1.07. The third kappa shape index (κ3) is 3.52. The molecular weight excluding hydrogens is 331 g/mol. The summed E-state index contributed by atoms with van der Waals surface area (Å²) < 4.78 is 13.2. The van der Waals surface area contributed by atoms with Gasteiger partial charge in [-0.15, -0.1) is 0 Å². The van der Waals surface area contributed by atoms with Crippen LogP contribution in [-0.2, 0) is 4.79 Å². The van der Waals surface area contributed by atoms with Gasteiger partial charge < -0.3 is 10.4 Å². The van der Waals surface area contributed by atoms with Crippen molar-refractivity contribution in [1.29, 1.82) is 0 Å². The number of aliphatic imine (C=N–C) groups is 1. The average Bonchev–Trinajstić information content (AvgIpc) is 2.87. The Morgan fingerprint density at radius 2 is 2.00 bits per heavy atom. The highest BCUT2D eigenvalue weighted by atomic mass is 32.2. The minimum absolute atomic E-state index is 0.105. The van der Waals surface area contributed by atoms with E-state index in [9.17, 15) is 19.1 Å². The third-order valence-corrected chi connectivity index (χ3v) is 4.08. The molecule has 1 aliphatic rings. The van der Waals surface area contributed by atoms with Gasteiger partial charge in [0.25, 0.3) is 5.91 Å². The fraction of sp³-hybridized carbons (Fsp3) is 0. The molecule has 7 heteroatoms. The number of nitrogens with zero attached hydrogens (tertiary/aromatic N) is 1. The Balaban J connectivity index is 1.89. The summed E-state index contributed by atoms with van der Waals surface area (Å²) in [6.07, 6.45) is 1.50. The molecule has 2 aromatic rings. The second-order valence-electron chi connectivity index (χ2n) is 4.85. The maximum Gasteiger partial charge on any atom is 0.336 e. The number of carboxylic acids is 1. The molecule has 1 amide bonds. The number of amides is 1. The first-order chi connectivity index (χ1) is 11.5. The Hall–Kier alpha value is -2.93. The predicted molar refractivity (Wildman–Crippen MR) is 90.6 cm³/mol. The molecule has 1 aliphatic heterocycles. The molecule has 1 heterocycles.